The van der Waals surface area contributed by atoms with Crippen LogP contribution in [0.2, 0.25) is 0 Å². The van der Waals surface area contributed by atoms with Crippen LogP contribution in [0.25, 0.3) is 0 Å². The third-order valence-electron chi connectivity index (χ3n) is 2.81. The van der Waals surface area contributed by atoms with Crippen LogP contribution in [0.5, 0.6) is 0 Å². The molecule has 0 spiro atoms. The number of alkyl halides is 3. The number of rotatable bonds is 3. The van der Waals surface area contributed by atoms with Crippen molar-refractivity contribution in [3.05, 3.63) is 0 Å². The van der Waals surface area contributed by atoms with Crippen LogP contribution in [0, 0.1) is 0 Å². The summed E-state index contributed by atoms with van der Waals surface area (Å²) in [4.78, 5) is 0. The molecule has 1 aliphatic heterocycles. The molecule has 0 aromatic carbocycles. The maximum Gasteiger partial charge on any atom is 0.389 e. The van der Waals surface area contributed by atoms with E-state index in [1.54, 1.807) is 11.8 Å². The molecule has 0 aromatic rings. The number of halogens is 3. The van der Waals surface area contributed by atoms with Gasteiger partial charge in [-0.3, -0.25) is 0 Å². The third kappa shape index (κ3) is 4.75. The second-order valence-corrected chi connectivity index (χ2v) is 7.27. The van der Waals surface area contributed by atoms with Crippen molar-refractivity contribution in [3.63, 3.8) is 0 Å². The zero-order valence-electron chi connectivity index (χ0n) is 9.46. The fraction of sp³-hybridized carbons (Fsp3) is 1.00. The molecule has 1 nitrogen and oxygen atoms in total. The van der Waals surface area contributed by atoms with Gasteiger partial charge in [-0.05, 0) is 6.42 Å². The Kier molecular flexibility index (Phi) is 5.32. The Morgan fingerprint density at radius 2 is 1.94 bits per heavy atom. The van der Waals surface area contributed by atoms with Gasteiger partial charge in [0.1, 0.15) is 0 Å². The number of thioether (sulfide) groups is 2. The lowest BCUT2D eigenvalue weighted by atomic mass is 10.1. The minimum atomic E-state index is -4.08. The Hall–Kier alpha value is 0.450. The van der Waals surface area contributed by atoms with Gasteiger partial charge in [-0.25, -0.2) is 0 Å². The first-order valence-electron chi connectivity index (χ1n) is 5.39. The van der Waals surface area contributed by atoms with Gasteiger partial charge in [-0.1, -0.05) is 13.8 Å². The smallest absolute Gasteiger partial charge is 0.327 e. The van der Waals surface area contributed by atoms with E-state index >= 15 is 0 Å². The van der Waals surface area contributed by atoms with Crippen LogP contribution in [0.1, 0.15) is 26.7 Å². The quantitative estimate of drug-likeness (QED) is 0.854. The van der Waals surface area contributed by atoms with E-state index in [2.05, 4.69) is 13.8 Å². The van der Waals surface area contributed by atoms with Gasteiger partial charge in [-0.2, -0.15) is 36.7 Å². The average Bonchev–Trinajstić information content (AvgIpc) is 2.17. The highest BCUT2D eigenvalue weighted by atomic mass is 32.2. The van der Waals surface area contributed by atoms with Crippen molar-refractivity contribution >= 4 is 23.5 Å². The molecule has 1 saturated heterocycles. The minimum absolute atomic E-state index is 0.0445. The van der Waals surface area contributed by atoms with Crippen molar-refractivity contribution in [2.75, 3.05) is 5.75 Å². The van der Waals surface area contributed by atoms with Gasteiger partial charge >= 0.3 is 6.18 Å². The van der Waals surface area contributed by atoms with Crippen LogP contribution in [0.15, 0.2) is 0 Å². The van der Waals surface area contributed by atoms with E-state index in [-0.39, 0.29) is 17.7 Å². The van der Waals surface area contributed by atoms with E-state index in [0.29, 0.717) is 10.5 Å². The predicted molar refractivity (Wildman–Crippen MR) is 66.0 cm³/mol. The summed E-state index contributed by atoms with van der Waals surface area (Å²) in [6.45, 7) is 4.27. The topological polar surface area (TPSA) is 26.0 Å². The van der Waals surface area contributed by atoms with Crippen LogP contribution >= 0.6 is 23.5 Å². The SMILES string of the molecule is CC1SCC(C(N)CCC(F)(F)F)SC1C. The van der Waals surface area contributed by atoms with Crippen LogP contribution in [-0.4, -0.2) is 33.7 Å². The third-order valence-corrected chi connectivity index (χ3v) is 6.38. The Balaban J connectivity index is 2.34. The van der Waals surface area contributed by atoms with E-state index in [4.69, 9.17) is 5.73 Å². The molecule has 1 heterocycles. The Labute approximate surface area is 103 Å². The molecule has 16 heavy (non-hydrogen) atoms. The van der Waals surface area contributed by atoms with Crippen LogP contribution < -0.4 is 5.73 Å². The number of hydrogen-bond donors (Lipinski definition) is 1. The van der Waals surface area contributed by atoms with Crippen molar-refractivity contribution in [2.45, 2.75) is 54.7 Å². The van der Waals surface area contributed by atoms with Crippen molar-refractivity contribution < 1.29 is 13.2 Å². The molecule has 1 fully saturated rings. The van der Waals surface area contributed by atoms with Crippen LogP contribution in [0.4, 0.5) is 13.2 Å². The molecule has 0 radical (unpaired) electrons. The highest BCUT2D eigenvalue weighted by molar-refractivity contribution is 8.07. The highest BCUT2D eigenvalue weighted by Gasteiger charge is 2.33. The minimum Gasteiger partial charge on any atom is -0.327 e. The van der Waals surface area contributed by atoms with Gasteiger partial charge in [0.05, 0.1) is 0 Å². The van der Waals surface area contributed by atoms with E-state index < -0.39 is 12.6 Å². The van der Waals surface area contributed by atoms with Crippen molar-refractivity contribution in [1.82, 2.24) is 0 Å². The molecule has 0 aromatic heterocycles. The largest absolute Gasteiger partial charge is 0.389 e. The van der Waals surface area contributed by atoms with Gasteiger partial charge in [-0.15, -0.1) is 0 Å². The molecule has 0 bridgehead atoms. The summed E-state index contributed by atoms with van der Waals surface area (Å²) in [5.41, 5.74) is 5.83. The van der Waals surface area contributed by atoms with E-state index in [1.165, 1.54) is 0 Å². The molecule has 0 amide bonds. The molecule has 0 aliphatic carbocycles. The molecule has 96 valence electrons. The molecule has 6 heteroatoms. The zero-order chi connectivity index (χ0) is 12.3. The average molecular weight is 273 g/mol. The van der Waals surface area contributed by atoms with Gasteiger partial charge in [0.15, 0.2) is 0 Å². The maximum atomic E-state index is 12.1. The summed E-state index contributed by atoms with van der Waals surface area (Å²) in [6, 6.07) is -0.339. The monoisotopic (exact) mass is 273 g/mol. The fourth-order valence-electron chi connectivity index (χ4n) is 1.55. The van der Waals surface area contributed by atoms with Crippen molar-refractivity contribution in [1.29, 1.82) is 0 Å². The summed E-state index contributed by atoms with van der Waals surface area (Å²) in [5, 5.41) is 1.20. The van der Waals surface area contributed by atoms with Gasteiger partial charge < -0.3 is 5.73 Å². The van der Waals surface area contributed by atoms with Crippen LogP contribution in [-0.2, 0) is 0 Å². The normalized spacial score (nSPS) is 33.8. The maximum absolute atomic E-state index is 12.1. The summed E-state index contributed by atoms with van der Waals surface area (Å²) in [5.74, 6) is 0.870. The second-order valence-electron chi connectivity index (χ2n) is 4.24. The lowest BCUT2D eigenvalue weighted by Gasteiger charge is -2.34. The number of hydrogen-bond acceptors (Lipinski definition) is 3. The molecular weight excluding hydrogens is 255 g/mol. The van der Waals surface area contributed by atoms with Gasteiger partial charge in [0, 0.05) is 34.0 Å². The molecule has 2 N–H and O–H groups in total. The second kappa shape index (κ2) is 5.87. The Morgan fingerprint density at radius 1 is 1.31 bits per heavy atom. The molecule has 4 unspecified atom stereocenters. The standard InChI is InChI=1S/C10H18F3NS2/c1-6-7(2)16-9(5-15-6)8(14)3-4-10(11,12)13/h6-9H,3-5,14H2,1-2H3. The van der Waals surface area contributed by atoms with E-state index in [1.807, 2.05) is 11.8 Å². The molecule has 1 rings (SSSR count). The first-order chi connectivity index (χ1) is 7.29. The first kappa shape index (κ1) is 14.5. The van der Waals surface area contributed by atoms with Gasteiger partial charge in [0.2, 0.25) is 0 Å². The predicted octanol–water partition coefficient (Wildman–Crippen LogP) is 3.28. The highest BCUT2D eigenvalue weighted by Crippen LogP contribution is 2.37. The summed E-state index contributed by atoms with van der Waals surface area (Å²) >= 11 is 3.55. The molecular formula is C10H18F3NS2. The Morgan fingerprint density at radius 3 is 2.44 bits per heavy atom. The first-order valence-corrected chi connectivity index (χ1v) is 7.38. The zero-order valence-corrected chi connectivity index (χ0v) is 11.1. The summed E-state index contributed by atoms with van der Waals surface area (Å²) in [7, 11) is 0. The summed E-state index contributed by atoms with van der Waals surface area (Å²) in [6.07, 6.45) is -4.80. The summed E-state index contributed by atoms with van der Waals surface area (Å²) < 4.78 is 36.2. The molecule has 1 aliphatic rings. The van der Waals surface area contributed by atoms with E-state index in [0.717, 1.165) is 5.75 Å². The van der Waals surface area contributed by atoms with Crippen molar-refractivity contribution in [2.24, 2.45) is 5.73 Å². The Bertz CT molecular complexity index is 223. The van der Waals surface area contributed by atoms with E-state index in [9.17, 15) is 13.2 Å². The van der Waals surface area contributed by atoms with Gasteiger partial charge in [0.25, 0.3) is 0 Å². The molecule has 4 atom stereocenters. The van der Waals surface area contributed by atoms with Crippen molar-refractivity contribution in [3.8, 4) is 0 Å². The lowest BCUT2D eigenvalue weighted by Crippen LogP contribution is -2.40. The lowest BCUT2D eigenvalue weighted by molar-refractivity contribution is -0.136. The number of nitrogens with two attached hydrogens (primary N) is 1. The molecule has 0 saturated carbocycles. The van der Waals surface area contributed by atoms with Crippen LogP contribution in [0.3, 0.4) is 0 Å². The fourth-order valence-corrected chi connectivity index (χ4v) is 4.65.